The number of aliphatic hydroxyl groups excluding tert-OH is 1. The fourth-order valence-corrected chi connectivity index (χ4v) is 3.70. The summed E-state index contributed by atoms with van der Waals surface area (Å²) in [5.74, 6) is 0. The standard InChI is InChI=1S/C14H19NO3S/c1-12-4-6-13(7-5-12)8-10-19(17,18)15-9-2-3-14(15)11-16/h4-8,10,14,16H,2-3,9,11H2,1H3/b10-8+/t14-/m1/s1. The second kappa shape index (κ2) is 5.86. The van der Waals surface area contributed by atoms with Gasteiger partial charge >= 0.3 is 0 Å². The molecule has 1 atom stereocenters. The number of rotatable bonds is 4. The van der Waals surface area contributed by atoms with Crippen molar-refractivity contribution in [1.29, 1.82) is 0 Å². The number of hydrogen-bond acceptors (Lipinski definition) is 3. The molecule has 0 amide bonds. The second-order valence-electron chi connectivity index (χ2n) is 4.85. The third-order valence-corrected chi connectivity index (χ3v) is 4.99. The zero-order valence-electron chi connectivity index (χ0n) is 11.0. The van der Waals surface area contributed by atoms with Crippen LogP contribution in [0, 0.1) is 6.92 Å². The molecule has 5 heteroatoms. The maximum Gasteiger partial charge on any atom is 0.236 e. The van der Waals surface area contributed by atoms with Crippen LogP contribution in [0.15, 0.2) is 29.7 Å². The number of aryl methyl sites for hydroxylation is 1. The van der Waals surface area contributed by atoms with Crippen LogP contribution in [0.25, 0.3) is 6.08 Å². The van der Waals surface area contributed by atoms with Gasteiger partial charge in [-0.25, -0.2) is 8.42 Å². The molecule has 0 radical (unpaired) electrons. The van der Waals surface area contributed by atoms with Crippen molar-refractivity contribution in [1.82, 2.24) is 4.31 Å². The Morgan fingerprint density at radius 2 is 2.05 bits per heavy atom. The van der Waals surface area contributed by atoms with E-state index in [1.165, 1.54) is 9.71 Å². The SMILES string of the molecule is Cc1ccc(/C=C/S(=O)(=O)N2CCC[C@@H]2CO)cc1. The molecule has 0 aliphatic carbocycles. The van der Waals surface area contributed by atoms with E-state index in [1.54, 1.807) is 6.08 Å². The topological polar surface area (TPSA) is 57.6 Å². The molecule has 104 valence electrons. The van der Waals surface area contributed by atoms with E-state index >= 15 is 0 Å². The predicted molar refractivity (Wildman–Crippen MR) is 75.9 cm³/mol. The van der Waals surface area contributed by atoms with E-state index in [2.05, 4.69) is 0 Å². The summed E-state index contributed by atoms with van der Waals surface area (Å²) in [5, 5.41) is 10.4. The van der Waals surface area contributed by atoms with E-state index in [9.17, 15) is 13.5 Å². The van der Waals surface area contributed by atoms with Crippen LogP contribution in [0.2, 0.25) is 0 Å². The van der Waals surface area contributed by atoms with Gasteiger partial charge in [-0.05, 0) is 31.4 Å². The molecule has 0 saturated carbocycles. The summed E-state index contributed by atoms with van der Waals surface area (Å²) in [5.41, 5.74) is 1.99. The molecule has 1 fully saturated rings. The summed E-state index contributed by atoms with van der Waals surface area (Å²) in [7, 11) is -3.44. The van der Waals surface area contributed by atoms with Gasteiger partial charge in [0.15, 0.2) is 0 Å². The monoisotopic (exact) mass is 281 g/mol. The molecular formula is C14H19NO3S. The number of nitrogens with zero attached hydrogens (tertiary/aromatic N) is 1. The van der Waals surface area contributed by atoms with Crippen LogP contribution >= 0.6 is 0 Å². The van der Waals surface area contributed by atoms with Crippen molar-refractivity contribution in [2.75, 3.05) is 13.2 Å². The molecule has 0 spiro atoms. The molecule has 1 heterocycles. The number of sulfonamides is 1. The summed E-state index contributed by atoms with van der Waals surface area (Å²) in [6.07, 6.45) is 3.14. The lowest BCUT2D eigenvalue weighted by Crippen LogP contribution is -2.36. The zero-order valence-corrected chi connectivity index (χ0v) is 11.8. The fourth-order valence-electron chi connectivity index (χ4n) is 2.25. The highest BCUT2D eigenvalue weighted by Crippen LogP contribution is 2.22. The zero-order chi connectivity index (χ0) is 13.9. The number of hydrogen-bond donors (Lipinski definition) is 1. The maximum absolute atomic E-state index is 12.2. The highest BCUT2D eigenvalue weighted by Gasteiger charge is 2.31. The largest absolute Gasteiger partial charge is 0.395 e. The first kappa shape index (κ1) is 14.2. The predicted octanol–water partition coefficient (Wildman–Crippen LogP) is 1.75. The molecular weight excluding hydrogens is 262 g/mol. The van der Waals surface area contributed by atoms with Gasteiger partial charge in [-0.15, -0.1) is 0 Å². The van der Waals surface area contributed by atoms with E-state index in [4.69, 9.17) is 0 Å². The van der Waals surface area contributed by atoms with Crippen LogP contribution in [0.5, 0.6) is 0 Å². The Morgan fingerprint density at radius 1 is 1.37 bits per heavy atom. The summed E-state index contributed by atoms with van der Waals surface area (Å²) in [4.78, 5) is 0. The Labute approximate surface area is 114 Å². The first-order chi connectivity index (χ1) is 9.03. The van der Waals surface area contributed by atoms with Crippen molar-refractivity contribution in [3.05, 3.63) is 40.8 Å². The Bertz CT molecular complexity index is 549. The van der Waals surface area contributed by atoms with Gasteiger partial charge in [0, 0.05) is 18.0 Å². The maximum atomic E-state index is 12.2. The Morgan fingerprint density at radius 3 is 2.68 bits per heavy atom. The molecule has 1 aliphatic heterocycles. The Kier molecular flexibility index (Phi) is 4.39. The van der Waals surface area contributed by atoms with Crippen molar-refractivity contribution in [2.45, 2.75) is 25.8 Å². The minimum atomic E-state index is -3.44. The molecule has 0 bridgehead atoms. The number of aliphatic hydroxyl groups is 1. The summed E-state index contributed by atoms with van der Waals surface area (Å²) < 4.78 is 25.7. The van der Waals surface area contributed by atoms with Crippen LogP contribution in [0.1, 0.15) is 24.0 Å². The summed E-state index contributed by atoms with van der Waals surface area (Å²) in [6, 6.07) is 7.38. The lowest BCUT2D eigenvalue weighted by Gasteiger charge is -2.20. The molecule has 19 heavy (non-hydrogen) atoms. The molecule has 1 aromatic carbocycles. The van der Waals surface area contributed by atoms with Crippen LogP contribution in [-0.2, 0) is 10.0 Å². The minimum absolute atomic E-state index is 0.113. The van der Waals surface area contributed by atoms with Crippen LogP contribution < -0.4 is 0 Å². The van der Waals surface area contributed by atoms with Crippen molar-refractivity contribution in [3.8, 4) is 0 Å². The minimum Gasteiger partial charge on any atom is -0.395 e. The first-order valence-corrected chi connectivity index (χ1v) is 7.91. The van der Waals surface area contributed by atoms with Gasteiger partial charge in [0.1, 0.15) is 0 Å². The first-order valence-electron chi connectivity index (χ1n) is 6.40. The lowest BCUT2D eigenvalue weighted by atomic mass is 10.2. The molecule has 1 aromatic rings. The highest BCUT2D eigenvalue weighted by atomic mass is 32.2. The van der Waals surface area contributed by atoms with E-state index in [-0.39, 0.29) is 12.6 Å². The van der Waals surface area contributed by atoms with Crippen molar-refractivity contribution in [2.24, 2.45) is 0 Å². The molecule has 1 N–H and O–H groups in total. The number of benzene rings is 1. The normalized spacial score (nSPS) is 21.3. The smallest absolute Gasteiger partial charge is 0.236 e. The molecule has 1 aliphatic rings. The fraction of sp³-hybridized carbons (Fsp3) is 0.429. The van der Waals surface area contributed by atoms with Gasteiger partial charge < -0.3 is 5.11 Å². The van der Waals surface area contributed by atoms with Gasteiger partial charge in [-0.3, -0.25) is 0 Å². The highest BCUT2D eigenvalue weighted by molar-refractivity contribution is 7.92. The molecule has 2 rings (SSSR count). The molecule has 4 nitrogen and oxygen atoms in total. The van der Waals surface area contributed by atoms with E-state index in [1.807, 2.05) is 31.2 Å². The van der Waals surface area contributed by atoms with Crippen LogP contribution in [0.4, 0.5) is 0 Å². The van der Waals surface area contributed by atoms with Crippen LogP contribution in [-0.4, -0.2) is 37.0 Å². The van der Waals surface area contributed by atoms with E-state index < -0.39 is 10.0 Å². The van der Waals surface area contributed by atoms with Gasteiger partial charge in [-0.2, -0.15) is 4.31 Å². The van der Waals surface area contributed by atoms with Crippen molar-refractivity contribution in [3.63, 3.8) is 0 Å². The Balaban J connectivity index is 2.14. The van der Waals surface area contributed by atoms with Gasteiger partial charge in [-0.1, -0.05) is 29.8 Å². The average Bonchev–Trinajstić information content (AvgIpc) is 2.87. The third kappa shape index (κ3) is 3.43. The summed E-state index contributed by atoms with van der Waals surface area (Å²) in [6.45, 7) is 2.36. The Hall–Kier alpha value is -1.17. The summed E-state index contributed by atoms with van der Waals surface area (Å²) >= 11 is 0. The van der Waals surface area contributed by atoms with Crippen molar-refractivity contribution >= 4 is 16.1 Å². The van der Waals surface area contributed by atoms with Gasteiger partial charge in [0.05, 0.1) is 6.61 Å². The van der Waals surface area contributed by atoms with Crippen LogP contribution in [0.3, 0.4) is 0 Å². The van der Waals surface area contributed by atoms with Gasteiger partial charge in [0.25, 0.3) is 0 Å². The molecule has 0 unspecified atom stereocenters. The van der Waals surface area contributed by atoms with Crippen molar-refractivity contribution < 1.29 is 13.5 Å². The van der Waals surface area contributed by atoms with Gasteiger partial charge in [0.2, 0.25) is 10.0 Å². The second-order valence-corrected chi connectivity index (χ2v) is 6.62. The molecule has 1 saturated heterocycles. The third-order valence-electron chi connectivity index (χ3n) is 3.37. The molecule has 0 aromatic heterocycles. The van der Waals surface area contributed by atoms with E-state index in [0.717, 1.165) is 24.0 Å². The average molecular weight is 281 g/mol. The van der Waals surface area contributed by atoms with E-state index in [0.29, 0.717) is 6.54 Å². The lowest BCUT2D eigenvalue weighted by molar-refractivity contribution is 0.214. The quantitative estimate of drug-likeness (QED) is 0.914.